The van der Waals surface area contributed by atoms with E-state index in [2.05, 4.69) is 4.72 Å². The molecule has 0 bridgehead atoms. The van der Waals surface area contributed by atoms with Crippen LogP contribution in [0, 0.1) is 6.92 Å². The average molecular weight is 425 g/mol. The van der Waals surface area contributed by atoms with E-state index in [1.54, 1.807) is 31.2 Å². The molecule has 3 rings (SSSR count). The van der Waals surface area contributed by atoms with Crippen molar-refractivity contribution >= 4 is 37.3 Å². The van der Waals surface area contributed by atoms with Crippen LogP contribution >= 0.6 is 0 Å². The molecule has 1 aliphatic rings. The van der Waals surface area contributed by atoms with Crippen molar-refractivity contribution in [2.24, 2.45) is 0 Å². The molecule has 1 saturated heterocycles. The molecule has 8 nitrogen and oxygen atoms in total. The first-order valence-electron chi connectivity index (χ1n) is 8.56. The highest BCUT2D eigenvalue weighted by Gasteiger charge is 2.36. The van der Waals surface area contributed by atoms with Crippen molar-refractivity contribution < 1.29 is 26.4 Å². The van der Waals surface area contributed by atoms with Crippen LogP contribution in [0.25, 0.3) is 0 Å². The molecule has 0 atom stereocenters. The minimum absolute atomic E-state index is 0.00539. The summed E-state index contributed by atoms with van der Waals surface area (Å²) in [5.41, 5.74) is 0.829. The van der Waals surface area contributed by atoms with Crippen molar-refractivity contribution in [3.8, 4) is 5.75 Å². The van der Waals surface area contributed by atoms with Crippen molar-refractivity contribution in [3.63, 3.8) is 0 Å². The SMILES string of the molecule is CCOc1ccc(NS(=O)(=O)c2ccc(N3C(=O)CCS3(=O)=O)cc2C)cc1. The summed E-state index contributed by atoms with van der Waals surface area (Å²) >= 11 is 0. The number of carbonyl (C=O) groups is 1. The van der Waals surface area contributed by atoms with E-state index in [1.807, 2.05) is 6.92 Å². The zero-order chi connectivity index (χ0) is 20.5. The lowest BCUT2D eigenvalue weighted by Gasteiger charge is -2.17. The van der Waals surface area contributed by atoms with E-state index in [4.69, 9.17) is 4.74 Å². The molecule has 0 aliphatic carbocycles. The number of hydrogen-bond donors (Lipinski definition) is 1. The average Bonchev–Trinajstić information content (AvgIpc) is 2.89. The molecule has 150 valence electrons. The van der Waals surface area contributed by atoms with E-state index in [1.165, 1.54) is 18.2 Å². The predicted octanol–water partition coefficient (Wildman–Crippen LogP) is 2.26. The maximum absolute atomic E-state index is 12.7. The highest BCUT2D eigenvalue weighted by atomic mass is 32.2. The van der Waals surface area contributed by atoms with Gasteiger partial charge in [-0.05, 0) is 61.9 Å². The van der Waals surface area contributed by atoms with Crippen molar-refractivity contribution in [1.29, 1.82) is 0 Å². The van der Waals surface area contributed by atoms with E-state index < -0.39 is 26.0 Å². The van der Waals surface area contributed by atoms with Crippen LogP contribution in [0.4, 0.5) is 11.4 Å². The molecule has 2 aromatic carbocycles. The molecule has 1 N–H and O–H groups in total. The third-order valence-electron chi connectivity index (χ3n) is 4.18. The Kier molecular flexibility index (Phi) is 5.35. The van der Waals surface area contributed by atoms with Crippen molar-refractivity contribution in [3.05, 3.63) is 48.0 Å². The number of anilines is 2. The van der Waals surface area contributed by atoms with Crippen molar-refractivity contribution in [1.82, 2.24) is 0 Å². The molecule has 1 fully saturated rings. The molecule has 1 aliphatic heterocycles. The molecule has 1 amide bonds. The number of nitrogens with one attached hydrogen (secondary N) is 1. The summed E-state index contributed by atoms with van der Waals surface area (Å²) in [6, 6.07) is 10.5. The van der Waals surface area contributed by atoms with Crippen LogP contribution in [-0.4, -0.2) is 35.1 Å². The Morgan fingerprint density at radius 3 is 2.36 bits per heavy atom. The first kappa shape index (κ1) is 20.2. The first-order chi connectivity index (χ1) is 13.1. The minimum atomic E-state index is -3.90. The number of ether oxygens (including phenoxy) is 1. The van der Waals surface area contributed by atoms with Gasteiger partial charge in [0.1, 0.15) is 5.75 Å². The number of hydrogen-bond acceptors (Lipinski definition) is 6. The number of amides is 1. The van der Waals surface area contributed by atoms with Crippen LogP contribution < -0.4 is 13.8 Å². The molecular weight excluding hydrogens is 404 g/mol. The number of sulfonamides is 2. The van der Waals surface area contributed by atoms with Gasteiger partial charge in [0.05, 0.1) is 22.9 Å². The highest BCUT2D eigenvalue weighted by Crippen LogP contribution is 2.29. The van der Waals surface area contributed by atoms with Gasteiger partial charge in [0.15, 0.2) is 0 Å². The van der Waals surface area contributed by atoms with Gasteiger partial charge in [-0.25, -0.2) is 21.1 Å². The largest absolute Gasteiger partial charge is 0.494 e. The summed E-state index contributed by atoms with van der Waals surface area (Å²) in [6.45, 7) is 3.90. The summed E-state index contributed by atoms with van der Waals surface area (Å²) < 4.78 is 58.1. The van der Waals surface area contributed by atoms with Gasteiger partial charge in [-0.15, -0.1) is 0 Å². The Labute approximate surface area is 164 Å². The molecule has 28 heavy (non-hydrogen) atoms. The Bertz CT molecular complexity index is 1110. The highest BCUT2D eigenvalue weighted by molar-refractivity contribution is 7.94. The third kappa shape index (κ3) is 3.97. The minimum Gasteiger partial charge on any atom is -0.494 e. The fourth-order valence-corrected chi connectivity index (χ4v) is 5.66. The van der Waals surface area contributed by atoms with Crippen molar-refractivity contribution in [2.75, 3.05) is 21.4 Å². The monoisotopic (exact) mass is 424 g/mol. The van der Waals surface area contributed by atoms with E-state index in [9.17, 15) is 21.6 Å². The number of rotatable bonds is 6. The first-order valence-corrected chi connectivity index (χ1v) is 11.7. The molecular formula is C18H20N2O6S2. The van der Waals surface area contributed by atoms with E-state index in [0.717, 1.165) is 4.31 Å². The molecule has 0 radical (unpaired) electrons. The van der Waals surface area contributed by atoms with Gasteiger partial charge >= 0.3 is 0 Å². The van der Waals surface area contributed by atoms with Gasteiger partial charge in [0.2, 0.25) is 15.9 Å². The van der Waals surface area contributed by atoms with Crippen LogP contribution in [0.2, 0.25) is 0 Å². The second-order valence-electron chi connectivity index (χ2n) is 6.24. The molecule has 10 heteroatoms. The van der Waals surface area contributed by atoms with Gasteiger partial charge in [-0.1, -0.05) is 0 Å². The van der Waals surface area contributed by atoms with Gasteiger partial charge in [-0.3, -0.25) is 9.52 Å². The summed E-state index contributed by atoms with van der Waals surface area (Å²) in [5.74, 6) is -0.144. The van der Waals surface area contributed by atoms with E-state index in [-0.39, 0.29) is 22.8 Å². The molecule has 0 saturated carbocycles. The topological polar surface area (TPSA) is 110 Å². The standard InChI is InChI=1S/C18H20N2O6S2/c1-3-26-16-7-4-14(5-8-16)19-28(24,25)17-9-6-15(12-13(17)2)20-18(21)10-11-27(20,22)23/h4-9,12,19H,3,10-11H2,1-2H3. The zero-order valence-electron chi connectivity index (χ0n) is 15.4. The summed E-state index contributed by atoms with van der Waals surface area (Å²) in [4.78, 5) is 11.9. The zero-order valence-corrected chi connectivity index (χ0v) is 17.0. The van der Waals surface area contributed by atoms with Gasteiger partial charge in [0.25, 0.3) is 10.0 Å². The summed E-state index contributed by atoms with van der Waals surface area (Å²) in [6.07, 6.45) is -0.0826. The molecule has 0 aromatic heterocycles. The Morgan fingerprint density at radius 2 is 1.82 bits per heavy atom. The molecule has 0 unspecified atom stereocenters. The van der Waals surface area contributed by atoms with Crippen LogP contribution in [0.5, 0.6) is 5.75 Å². The van der Waals surface area contributed by atoms with Crippen LogP contribution in [0.1, 0.15) is 18.9 Å². The van der Waals surface area contributed by atoms with Crippen molar-refractivity contribution in [2.45, 2.75) is 25.2 Å². The lowest BCUT2D eigenvalue weighted by molar-refractivity contribution is -0.116. The molecule has 1 heterocycles. The number of nitrogens with zero attached hydrogens (tertiary/aromatic N) is 1. The normalized spacial score (nSPS) is 16.2. The molecule has 2 aromatic rings. The Hall–Kier alpha value is -2.59. The Morgan fingerprint density at radius 1 is 1.14 bits per heavy atom. The maximum atomic E-state index is 12.7. The van der Waals surface area contributed by atoms with E-state index in [0.29, 0.717) is 23.6 Å². The lowest BCUT2D eigenvalue weighted by Crippen LogP contribution is -2.29. The van der Waals surface area contributed by atoms with Crippen LogP contribution in [0.3, 0.4) is 0 Å². The third-order valence-corrected chi connectivity index (χ3v) is 7.41. The van der Waals surface area contributed by atoms with Gasteiger partial charge in [0, 0.05) is 12.1 Å². The maximum Gasteiger partial charge on any atom is 0.262 e. The smallest absolute Gasteiger partial charge is 0.262 e. The summed E-state index contributed by atoms with van der Waals surface area (Å²) in [5, 5.41) is 0. The second kappa shape index (κ2) is 7.44. The van der Waals surface area contributed by atoms with Crippen LogP contribution in [0.15, 0.2) is 47.4 Å². The Balaban J connectivity index is 1.87. The number of carbonyl (C=O) groups excluding carboxylic acids is 1. The fourth-order valence-electron chi connectivity index (χ4n) is 2.93. The second-order valence-corrected chi connectivity index (χ2v) is 9.82. The van der Waals surface area contributed by atoms with Gasteiger partial charge in [-0.2, -0.15) is 0 Å². The number of aryl methyl sites for hydroxylation is 1. The summed E-state index contributed by atoms with van der Waals surface area (Å²) in [7, 11) is -7.60. The quantitative estimate of drug-likeness (QED) is 0.762. The number of benzene rings is 2. The van der Waals surface area contributed by atoms with Gasteiger partial charge < -0.3 is 4.74 Å². The predicted molar refractivity (Wildman–Crippen MR) is 105 cm³/mol. The molecule has 0 spiro atoms. The van der Waals surface area contributed by atoms with E-state index >= 15 is 0 Å². The lowest BCUT2D eigenvalue weighted by atomic mass is 10.2. The van der Waals surface area contributed by atoms with Crippen LogP contribution in [-0.2, 0) is 24.8 Å². The fraction of sp³-hybridized carbons (Fsp3) is 0.278.